The third-order valence-corrected chi connectivity index (χ3v) is 5.44. The molecule has 2 fully saturated rings. The molecule has 3 rings (SSSR count). The second-order valence-corrected chi connectivity index (χ2v) is 6.77. The van der Waals surface area contributed by atoms with Gasteiger partial charge in [0.05, 0.1) is 5.60 Å². The van der Waals surface area contributed by atoms with Crippen LogP contribution >= 0.6 is 0 Å². The lowest BCUT2D eigenvalue weighted by molar-refractivity contribution is -0.147. The van der Waals surface area contributed by atoms with Crippen molar-refractivity contribution < 1.29 is 4.74 Å². The van der Waals surface area contributed by atoms with Gasteiger partial charge >= 0.3 is 0 Å². The van der Waals surface area contributed by atoms with E-state index in [-0.39, 0.29) is 5.60 Å². The summed E-state index contributed by atoms with van der Waals surface area (Å²) in [6, 6.07) is 9.72. The molecule has 0 bridgehead atoms. The van der Waals surface area contributed by atoms with Crippen molar-refractivity contribution in [3.8, 4) is 0 Å². The molecule has 1 heterocycles. The molecule has 2 aliphatic rings. The highest BCUT2D eigenvalue weighted by Gasteiger charge is 2.44. The summed E-state index contributed by atoms with van der Waals surface area (Å²) in [4.78, 5) is 0. The molecule has 2 atom stereocenters. The Morgan fingerprint density at radius 3 is 2.57 bits per heavy atom. The van der Waals surface area contributed by atoms with Gasteiger partial charge in [0.15, 0.2) is 0 Å². The molecule has 1 saturated heterocycles. The van der Waals surface area contributed by atoms with Gasteiger partial charge in [0.2, 0.25) is 0 Å². The van der Waals surface area contributed by atoms with Crippen LogP contribution in [0.2, 0.25) is 0 Å². The maximum atomic E-state index is 6.10. The van der Waals surface area contributed by atoms with Crippen molar-refractivity contribution in [2.75, 3.05) is 13.2 Å². The fraction of sp³-hybridized carbons (Fsp3) is 0.684. The fourth-order valence-corrected chi connectivity index (χ4v) is 4.01. The van der Waals surface area contributed by atoms with Gasteiger partial charge in [-0.2, -0.15) is 0 Å². The summed E-state index contributed by atoms with van der Waals surface area (Å²) in [5.41, 5.74) is 3.12. The average Bonchev–Trinajstić information content (AvgIpc) is 2.51. The number of nitrogens with one attached hydrogen (secondary N) is 1. The van der Waals surface area contributed by atoms with E-state index in [4.69, 9.17) is 4.74 Å². The molecule has 1 N–H and O–H groups in total. The van der Waals surface area contributed by atoms with Crippen molar-refractivity contribution >= 4 is 0 Å². The van der Waals surface area contributed by atoms with Gasteiger partial charge in [-0.15, -0.1) is 0 Å². The standard InChI is InChI=1S/C19H29NO/c1-3-15-6-8-16(9-7-15)18(20-4-2)17-10-13-21-19(14-17)11-5-12-19/h6-9,17-18,20H,3-5,10-14H2,1-2H3. The van der Waals surface area contributed by atoms with E-state index in [1.165, 1.54) is 43.2 Å². The van der Waals surface area contributed by atoms with Gasteiger partial charge in [0, 0.05) is 12.6 Å². The summed E-state index contributed by atoms with van der Waals surface area (Å²) >= 11 is 0. The van der Waals surface area contributed by atoms with Gasteiger partial charge in [0.25, 0.3) is 0 Å². The van der Waals surface area contributed by atoms with Crippen LogP contribution in [0.25, 0.3) is 0 Å². The highest BCUT2D eigenvalue weighted by molar-refractivity contribution is 5.26. The molecule has 1 aliphatic heterocycles. The first kappa shape index (κ1) is 15.1. The Morgan fingerprint density at radius 1 is 1.24 bits per heavy atom. The Morgan fingerprint density at radius 2 is 2.00 bits per heavy atom. The maximum Gasteiger partial charge on any atom is 0.0686 e. The molecule has 21 heavy (non-hydrogen) atoms. The predicted molar refractivity (Wildman–Crippen MR) is 87.5 cm³/mol. The van der Waals surface area contributed by atoms with Crippen LogP contribution in [0.4, 0.5) is 0 Å². The zero-order chi connectivity index (χ0) is 14.7. The minimum Gasteiger partial charge on any atom is -0.375 e. The van der Waals surface area contributed by atoms with Crippen LogP contribution in [0.3, 0.4) is 0 Å². The van der Waals surface area contributed by atoms with Gasteiger partial charge in [-0.05, 0) is 62.1 Å². The lowest BCUT2D eigenvalue weighted by atomic mass is 9.69. The first-order chi connectivity index (χ1) is 10.3. The predicted octanol–water partition coefficient (Wildman–Crippen LogP) is 4.25. The fourth-order valence-electron chi connectivity index (χ4n) is 4.01. The van der Waals surface area contributed by atoms with Crippen LogP contribution in [-0.4, -0.2) is 18.8 Å². The summed E-state index contributed by atoms with van der Waals surface area (Å²) in [6.45, 7) is 6.41. The van der Waals surface area contributed by atoms with E-state index in [9.17, 15) is 0 Å². The van der Waals surface area contributed by atoms with E-state index in [1.54, 1.807) is 0 Å². The lowest BCUT2D eigenvalue weighted by Gasteiger charge is -2.49. The number of hydrogen-bond acceptors (Lipinski definition) is 2. The van der Waals surface area contributed by atoms with Crippen LogP contribution < -0.4 is 5.32 Å². The first-order valence-corrected chi connectivity index (χ1v) is 8.72. The number of rotatable bonds is 5. The molecule has 0 amide bonds. The SMILES string of the molecule is CCNC(c1ccc(CC)cc1)C1CCOC2(CCC2)C1. The quantitative estimate of drug-likeness (QED) is 0.874. The molecular formula is C19H29NO. The van der Waals surface area contributed by atoms with Crippen LogP contribution in [0.1, 0.15) is 63.1 Å². The zero-order valence-corrected chi connectivity index (χ0v) is 13.5. The van der Waals surface area contributed by atoms with Gasteiger partial charge in [-0.3, -0.25) is 0 Å². The summed E-state index contributed by atoms with van der Waals surface area (Å²) in [5.74, 6) is 0.714. The van der Waals surface area contributed by atoms with E-state index in [2.05, 4.69) is 43.4 Å². The second kappa shape index (κ2) is 6.50. The van der Waals surface area contributed by atoms with Crippen molar-refractivity contribution in [3.05, 3.63) is 35.4 Å². The molecule has 1 aromatic carbocycles. The molecule has 1 spiro atoms. The van der Waals surface area contributed by atoms with Crippen LogP contribution in [0.5, 0.6) is 0 Å². The molecule has 2 nitrogen and oxygen atoms in total. The Balaban J connectivity index is 1.76. The molecular weight excluding hydrogens is 258 g/mol. The summed E-state index contributed by atoms with van der Waals surface area (Å²) in [5, 5.41) is 3.74. The normalized spacial score (nSPS) is 25.5. The van der Waals surface area contributed by atoms with Gasteiger partial charge in [0.1, 0.15) is 0 Å². The van der Waals surface area contributed by atoms with E-state index < -0.39 is 0 Å². The molecule has 2 unspecified atom stereocenters. The second-order valence-electron chi connectivity index (χ2n) is 6.77. The topological polar surface area (TPSA) is 21.3 Å². The monoisotopic (exact) mass is 287 g/mol. The van der Waals surface area contributed by atoms with E-state index in [1.807, 2.05) is 0 Å². The largest absolute Gasteiger partial charge is 0.375 e. The van der Waals surface area contributed by atoms with Crippen molar-refractivity contribution in [3.63, 3.8) is 0 Å². The highest BCUT2D eigenvalue weighted by Crippen LogP contribution is 2.47. The Labute approximate surface area is 129 Å². The Hall–Kier alpha value is -0.860. The summed E-state index contributed by atoms with van der Waals surface area (Å²) in [7, 11) is 0. The number of aryl methyl sites for hydroxylation is 1. The van der Waals surface area contributed by atoms with Crippen molar-refractivity contribution in [2.24, 2.45) is 5.92 Å². The molecule has 0 radical (unpaired) electrons. The highest BCUT2D eigenvalue weighted by atomic mass is 16.5. The molecule has 1 aliphatic carbocycles. The lowest BCUT2D eigenvalue weighted by Crippen LogP contribution is -2.48. The van der Waals surface area contributed by atoms with E-state index in [0.29, 0.717) is 12.0 Å². The third-order valence-electron chi connectivity index (χ3n) is 5.44. The number of hydrogen-bond donors (Lipinski definition) is 1. The number of ether oxygens (including phenoxy) is 1. The smallest absolute Gasteiger partial charge is 0.0686 e. The van der Waals surface area contributed by atoms with Gasteiger partial charge in [-0.1, -0.05) is 38.1 Å². The van der Waals surface area contributed by atoms with E-state index in [0.717, 1.165) is 19.6 Å². The van der Waals surface area contributed by atoms with Crippen LogP contribution in [0.15, 0.2) is 24.3 Å². The first-order valence-electron chi connectivity index (χ1n) is 8.72. The molecule has 1 aromatic rings. The van der Waals surface area contributed by atoms with Gasteiger partial charge < -0.3 is 10.1 Å². The molecule has 2 heteroatoms. The number of benzene rings is 1. The Bertz CT molecular complexity index is 449. The Kier molecular flexibility index (Phi) is 4.66. The van der Waals surface area contributed by atoms with Crippen molar-refractivity contribution in [1.82, 2.24) is 5.32 Å². The molecule has 116 valence electrons. The summed E-state index contributed by atoms with van der Waals surface area (Å²) < 4.78 is 6.10. The van der Waals surface area contributed by atoms with Gasteiger partial charge in [-0.25, -0.2) is 0 Å². The van der Waals surface area contributed by atoms with Crippen molar-refractivity contribution in [1.29, 1.82) is 0 Å². The van der Waals surface area contributed by atoms with Crippen LogP contribution in [-0.2, 0) is 11.2 Å². The summed E-state index contributed by atoms with van der Waals surface area (Å²) in [6.07, 6.45) is 7.44. The molecule has 1 saturated carbocycles. The maximum absolute atomic E-state index is 6.10. The minimum atomic E-state index is 0.236. The van der Waals surface area contributed by atoms with Crippen LogP contribution in [0, 0.1) is 5.92 Å². The zero-order valence-electron chi connectivity index (χ0n) is 13.5. The third kappa shape index (κ3) is 3.17. The minimum absolute atomic E-state index is 0.236. The van der Waals surface area contributed by atoms with Crippen molar-refractivity contribution in [2.45, 2.75) is 64.0 Å². The molecule has 0 aromatic heterocycles. The van der Waals surface area contributed by atoms with E-state index >= 15 is 0 Å². The average molecular weight is 287 g/mol.